The lowest BCUT2D eigenvalue weighted by Gasteiger charge is -2.06. The van der Waals surface area contributed by atoms with Crippen LogP contribution in [0.3, 0.4) is 0 Å². The number of hydrogen-bond acceptors (Lipinski definition) is 5. The van der Waals surface area contributed by atoms with Crippen LogP contribution in [0.2, 0.25) is 0 Å². The van der Waals surface area contributed by atoms with Crippen molar-refractivity contribution < 1.29 is 4.52 Å². The molecule has 11 heavy (non-hydrogen) atoms. The molecule has 0 spiro atoms. The molecule has 1 rings (SSSR count). The average molecular weight is 156 g/mol. The fourth-order valence-electron chi connectivity index (χ4n) is 0.625. The predicted octanol–water partition coefficient (Wildman–Crippen LogP) is 0.137. The minimum atomic E-state index is 0.162. The van der Waals surface area contributed by atoms with Gasteiger partial charge in [-0.1, -0.05) is 5.16 Å². The van der Waals surface area contributed by atoms with Crippen LogP contribution in [0.15, 0.2) is 4.52 Å². The van der Waals surface area contributed by atoms with E-state index in [2.05, 4.69) is 15.5 Å². The molecule has 1 unspecified atom stereocenters. The van der Waals surface area contributed by atoms with Crippen LogP contribution in [0.25, 0.3) is 0 Å². The second kappa shape index (κ2) is 3.34. The van der Waals surface area contributed by atoms with E-state index in [1.165, 1.54) is 0 Å². The summed E-state index contributed by atoms with van der Waals surface area (Å²) in [4.78, 5) is 3.95. The molecular formula is C6H12N4O. The van der Waals surface area contributed by atoms with Crippen LogP contribution in [0, 0.1) is 6.92 Å². The van der Waals surface area contributed by atoms with E-state index in [0.717, 1.165) is 0 Å². The van der Waals surface area contributed by atoms with Crippen molar-refractivity contribution in [2.75, 3.05) is 11.9 Å². The second-order valence-electron chi connectivity index (χ2n) is 2.43. The number of rotatable bonds is 3. The number of anilines is 1. The molecule has 0 radical (unpaired) electrons. The van der Waals surface area contributed by atoms with Crippen molar-refractivity contribution in [1.29, 1.82) is 0 Å². The Hall–Kier alpha value is -1.10. The van der Waals surface area contributed by atoms with Crippen molar-refractivity contribution in [3.05, 3.63) is 5.82 Å². The molecule has 5 heteroatoms. The lowest BCUT2D eigenvalue weighted by atomic mass is 10.3. The van der Waals surface area contributed by atoms with Crippen LogP contribution in [0.5, 0.6) is 0 Å². The number of nitrogens with two attached hydrogens (primary N) is 1. The first-order valence-corrected chi connectivity index (χ1v) is 3.49. The first-order chi connectivity index (χ1) is 5.22. The maximum atomic E-state index is 5.37. The number of aromatic nitrogens is 2. The first kappa shape index (κ1) is 8.00. The average Bonchev–Trinajstić information content (AvgIpc) is 2.35. The molecule has 1 atom stereocenters. The normalized spacial score (nSPS) is 13.0. The molecular weight excluding hydrogens is 144 g/mol. The topological polar surface area (TPSA) is 77.0 Å². The molecule has 62 valence electrons. The van der Waals surface area contributed by atoms with Gasteiger partial charge in [0.2, 0.25) is 0 Å². The predicted molar refractivity (Wildman–Crippen MR) is 41.2 cm³/mol. The van der Waals surface area contributed by atoms with Gasteiger partial charge in [0.05, 0.1) is 0 Å². The Bertz CT molecular complexity index is 222. The highest BCUT2D eigenvalue weighted by Gasteiger charge is 2.04. The van der Waals surface area contributed by atoms with E-state index in [9.17, 15) is 0 Å². The molecule has 3 N–H and O–H groups in total. The third-order valence-electron chi connectivity index (χ3n) is 1.25. The smallest absolute Gasteiger partial charge is 0.321 e. The van der Waals surface area contributed by atoms with Crippen molar-refractivity contribution >= 4 is 6.01 Å². The Morgan fingerprint density at radius 2 is 2.45 bits per heavy atom. The molecule has 1 heterocycles. The van der Waals surface area contributed by atoms with Crippen LogP contribution in [0.4, 0.5) is 6.01 Å². The standard InChI is InChI=1S/C6H12N4O/c1-4(3-7)8-6-9-5(2)10-11-6/h4H,3,7H2,1-2H3,(H,8,9,10). The molecule has 0 saturated carbocycles. The highest BCUT2D eigenvalue weighted by atomic mass is 16.5. The second-order valence-corrected chi connectivity index (χ2v) is 2.43. The van der Waals surface area contributed by atoms with E-state index in [1.807, 2.05) is 6.92 Å². The van der Waals surface area contributed by atoms with Crippen molar-refractivity contribution in [3.63, 3.8) is 0 Å². The first-order valence-electron chi connectivity index (χ1n) is 3.49. The lowest BCUT2D eigenvalue weighted by Crippen LogP contribution is -2.25. The van der Waals surface area contributed by atoms with Gasteiger partial charge in [-0.15, -0.1) is 0 Å². The molecule has 0 fully saturated rings. The molecule has 0 aliphatic rings. The molecule has 0 aliphatic carbocycles. The van der Waals surface area contributed by atoms with Gasteiger partial charge in [0, 0.05) is 12.6 Å². The summed E-state index contributed by atoms with van der Waals surface area (Å²) in [5.74, 6) is 0.622. The van der Waals surface area contributed by atoms with Gasteiger partial charge in [0.1, 0.15) is 0 Å². The summed E-state index contributed by atoms with van der Waals surface area (Å²) < 4.78 is 4.81. The SMILES string of the molecule is Cc1noc(NC(C)CN)n1. The minimum Gasteiger partial charge on any atom is -0.334 e. The van der Waals surface area contributed by atoms with E-state index in [-0.39, 0.29) is 6.04 Å². The maximum absolute atomic E-state index is 5.37. The Morgan fingerprint density at radius 3 is 2.91 bits per heavy atom. The summed E-state index contributed by atoms with van der Waals surface area (Å²) in [6.45, 7) is 4.25. The van der Waals surface area contributed by atoms with E-state index in [4.69, 9.17) is 10.3 Å². The monoisotopic (exact) mass is 156 g/mol. The molecule has 0 saturated heterocycles. The minimum absolute atomic E-state index is 0.162. The Kier molecular flexibility index (Phi) is 2.43. The molecule has 1 aromatic rings. The van der Waals surface area contributed by atoms with E-state index >= 15 is 0 Å². The van der Waals surface area contributed by atoms with Crippen molar-refractivity contribution in [1.82, 2.24) is 10.1 Å². The zero-order valence-corrected chi connectivity index (χ0v) is 6.66. The van der Waals surface area contributed by atoms with Gasteiger partial charge in [-0.05, 0) is 13.8 Å². The zero-order chi connectivity index (χ0) is 8.27. The number of aryl methyl sites for hydroxylation is 1. The van der Waals surface area contributed by atoms with Gasteiger partial charge in [0.15, 0.2) is 5.82 Å². The van der Waals surface area contributed by atoms with Gasteiger partial charge >= 0.3 is 6.01 Å². The van der Waals surface area contributed by atoms with Crippen molar-refractivity contribution in [2.24, 2.45) is 5.73 Å². The van der Waals surface area contributed by atoms with Crippen molar-refractivity contribution in [2.45, 2.75) is 19.9 Å². The lowest BCUT2D eigenvalue weighted by molar-refractivity contribution is 0.422. The summed E-state index contributed by atoms with van der Waals surface area (Å²) >= 11 is 0. The highest BCUT2D eigenvalue weighted by molar-refractivity contribution is 5.19. The molecule has 0 bridgehead atoms. The quantitative estimate of drug-likeness (QED) is 0.650. The molecule has 0 aliphatic heterocycles. The largest absolute Gasteiger partial charge is 0.334 e. The van der Waals surface area contributed by atoms with E-state index in [0.29, 0.717) is 18.4 Å². The maximum Gasteiger partial charge on any atom is 0.321 e. The third-order valence-corrected chi connectivity index (χ3v) is 1.25. The van der Waals surface area contributed by atoms with Gasteiger partial charge in [0.25, 0.3) is 0 Å². The Labute approximate surface area is 65.0 Å². The van der Waals surface area contributed by atoms with E-state index in [1.54, 1.807) is 6.92 Å². The fraction of sp³-hybridized carbons (Fsp3) is 0.667. The van der Waals surface area contributed by atoms with Gasteiger partial charge in [-0.3, -0.25) is 0 Å². The number of nitrogens with one attached hydrogen (secondary N) is 1. The summed E-state index contributed by atoms with van der Waals surface area (Å²) in [6.07, 6.45) is 0. The van der Waals surface area contributed by atoms with Crippen molar-refractivity contribution in [3.8, 4) is 0 Å². The number of nitrogens with zero attached hydrogens (tertiary/aromatic N) is 2. The van der Waals surface area contributed by atoms with Gasteiger partial charge in [-0.2, -0.15) is 4.98 Å². The van der Waals surface area contributed by atoms with E-state index < -0.39 is 0 Å². The van der Waals surface area contributed by atoms with Crippen LogP contribution in [0.1, 0.15) is 12.7 Å². The molecule has 5 nitrogen and oxygen atoms in total. The van der Waals surface area contributed by atoms with Gasteiger partial charge < -0.3 is 15.6 Å². The van der Waals surface area contributed by atoms with Crippen LogP contribution in [-0.4, -0.2) is 22.7 Å². The van der Waals surface area contributed by atoms with Crippen LogP contribution >= 0.6 is 0 Å². The summed E-state index contributed by atoms with van der Waals surface area (Å²) in [5, 5.41) is 6.56. The van der Waals surface area contributed by atoms with Crippen LogP contribution in [-0.2, 0) is 0 Å². The zero-order valence-electron chi connectivity index (χ0n) is 6.66. The summed E-state index contributed by atoms with van der Waals surface area (Å²) in [7, 11) is 0. The Morgan fingerprint density at radius 1 is 1.73 bits per heavy atom. The molecule has 0 amide bonds. The Balaban J connectivity index is 2.50. The summed E-state index contributed by atoms with van der Waals surface area (Å²) in [6, 6.07) is 0.593. The highest BCUT2D eigenvalue weighted by Crippen LogP contribution is 2.02. The summed E-state index contributed by atoms with van der Waals surface area (Å²) in [5.41, 5.74) is 5.37. The van der Waals surface area contributed by atoms with Gasteiger partial charge in [-0.25, -0.2) is 0 Å². The third kappa shape index (κ3) is 2.19. The molecule has 1 aromatic heterocycles. The molecule has 0 aromatic carbocycles. The number of hydrogen-bond donors (Lipinski definition) is 2. The fourth-order valence-corrected chi connectivity index (χ4v) is 0.625. The van der Waals surface area contributed by atoms with Crippen LogP contribution < -0.4 is 11.1 Å².